The maximum Gasteiger partial charge on any atom is 0.228 e. The van der Waals surface area contributed by atoms with Crippen LogP contribution in [0.2, 0.25) is 10.0 Å². The van der Waals surface area contributed by atoms with Gasteiger partial charge in [-0.05, 0) is 25.1 Å². The minimum absolute atomic E-state index is 0. The number of nitrogens with zero attached hydrogens (tertiary/aromatic N) is 2. The molecule has 1 aromatic heterocycles. The Kier molecular flexibility index (Phi) is 8.95. The summed E-state index contributed by atoms with van der Waals surface area (Å²) in [7, 11) is 0. The van der Waals surface area contributed by atoms with Crippen molar-refractivity contribution < 1.29 is 4.79 Å². The quantitative estimate of drug-likeness (QED) is 0.769. The van der Waals surface area contributed by atoms with Crippen molar-refractivity contribution in [3.05, 3.63) is 39.3 Å². The molecule has 1 aromatic carbocycles. The Hall–Kier alpha value is -0.560. The Bertz CT molecular complexity index is 725. The third-order valence-corrected chi connectivity index (χ3v) is 5.24. The van der Waals surface area contributed by atoms with Crippen LogP contribution >= 0.6 is 59.4 Å². The summed E-state index contributed by atoms with van der Waals surface area (Å²) in [5.74, 6) is 0.123. The first kappa shape index (κ1) is 22.5. The van der Waals surface area contributed by atoms with Crippen molar-refractivity contribution in [2.75, 3.05) is 19.6 Å². The number of halogens is 4. The molecule has 1 amide bonds. The number of carbonyl (C=O) groups excluding carboxylic acids is 1. The summed E-state index contributed by atoms with van der Waals surface area (Å²) in [5, 5.41) is 7.23. The van der Waals surface area contributed by atoms with Crippen LogP contribution in [0.1, 0.15) is 12.6 Å². The first-order chi connectivity index (χ1) is 11.0. The van der Waals surface area contributed by atoms with Crippen molar-refractivity contribution in [3.63, 3.8) is 0 Å². The minimum atomic E-state index is 0. The smallest absolute Gasteiger partial charge is 0.228 e. The van der Waals surface area contributed by atoms with Crippen LogP contribution in [-0.2, 0) is 11.2 Å². The molecule has 3 rings (SSSR count). The summed E-state index contributed by atoms with van der Waals surface area (Å²) in [6.07, 6.45) is 0.328. The van der Waals surface area contributed by atoms with Crippen molar-refractivity contribution in [2.24, 2.45) is 0 Å². The molecule has 4 nitrogen and oxygen atoms in total. The Morgan fingerprint density at radius 1 is 1.40 bits per heavy atom. The van der Waals surface area contributed by atoms with E-state index in [4.69, 9.17) is 23.2 Å². The highest BCUT2D eigenvalue weighted by Crippen LogP contribution is 2.32. The molecule has 1 fully saturated rings. The first-order valence-electron chi connectivity index (χ1n) is 7.44. The molecule has 1 saturated heterocycles. The number of hydrogen-bond donors (Lipinski definition) is 1. The fourth-order valence-electron chi connectivity index (χ4n) is 2.60. The SMILES string of the molecule is CC1CN(C(=O)Cc2csc(-c3ccc(Cl)cc3Cl)n2)CCN1.Cl.Cl. The van der Waals surface area contributed by atoms with Crippen LogP contribution in [0.5, 0.6) is 0 Å². The predicted molar refractivity (Wildman–Crippen MR) is 110 cm³/mol. The van der Waals surface area contributed by atoms with Crippen LogP contribution < -0.4 is 5.32 Å². The second-order valence-electron chi connectivity index (χ2n) is 5.64. The average Bonchev–Trinajstić information content (AvgIpc) is 2.95. The molecule has 1 atom stereocenters. The van der Waals surface area contributed by atoms with E-state index in [-0.39, 0.29) is 30.7 Å². The van der Waals surface area contributed by atoms with E-state index in [0.29, 0.717) is 22.5 Å². The number of amides is 1. The molecule has 0 radical (unpaired) electrons. The number of hydrogen-bond acceptors (Lipinski definition) is 4. The van der Waals surface area contributed by atoms with Gasteiger partial charge in [-0.15, -0.1) is 36.2 Å². The van der Waals surface area contributed by atoms with Crippen LogP contribution in [0.3, 0.4) is 0 Å². The third kappa shape index (κ3) is 5.71. The molecule has 1 aliphatic heterocycles. The largest absolute Gasteiger partial charge is 0.340 e. The van der Waals surface area contributed by atoms with Crippen LogP contribution in [0.15, 0.2) is 23.6 Å². The molecule has 1 aliphatic rings. The van der Waals surface area contributed by atoms with Crippen molar-refractivity contribution in [2.45, 2.75) is 19.4 Å². The number of piperazine rings is 1. The zero-order valence-electron chi connectivity index (χ0n) is 13.5. The van der Waals surface area contributed by atoms with Gasteiger partial charge in [0.1, 0.15) is 5.01 Å². The summed E-state index contributed by atoms with van der Waals surface area (Å²) in [5.41, 5.74) is 1.63. The van der Waals surface area contributed by atoms with E-state index in [2.05, 4.69) is 17.2 Å². The van der Waals surface area contributed by atoms with Crippen molar-refractivity contribution in [1.29, 1.82) is 0 Å². The van der Waals surface area contributed by atoms with Crippen LogP contribution in [-0.4, -0.2) is 41.5 Å². The van der Waals surface area contributed by atoms with Gasteiger partial charge < -0.3 is 10.2 Å². The molecule has 0 spiro atoms. The van der Waals surface area contributed by atoms with E-state index < -0.39 is 0 Å². The Labute approximate surface area is 173 Å². The van der Waals surface area contributed by atoms with Gasteiger partial charge in [-0.3, -0.25) is 4.79 Å². The zero-order chi connectivity index (χ0) is 16.4. The van der Waals surface area contributed by atoms with Crippen molar-refractivity contribution >= 4 is 65.3 Å². The molecular formula is C16H19Cl4N3OS. The number of rotatable bonds is 3. The number of benzene rings is 1. The highest BCUT2D eigenvalue weighted by Gasteiger charge is 2.21. The lowest BCUT2D eigenvalue weighted by Gasteiger charge is -2.31. The normalized spacial score (nSPS) is 16.8. The molecule has 25 heavy (non-hydrogen) atoms. The number of nitrogens with one attached hydrogen (secondary N) is 1. The van der Waals surface area contributed by atoms with E-state index in [0.717, 1.165) is 35.9 Å². The summed E-state index contributed by atoms with van der Waals surface area (Å²) < 4.78 is 0. The lowest BCUT2D eigenvalue weighted by atomic mass is 10.2. The van der Waals surface area contributed by atoms with Gasteiger partial charge in [-0.25, -0.2) is 4.98 Å². The molecule has 0 aliphatic carbocycles. The van der Waals surface area contributed by atoms with E-state index in [1.165, 1.54) is 11.3 Å². The average molecular weight is 443 g/mol. The maximum absolute atomic E-state index is 12.4. The Morgan fingerprint density at radius 3 is 2.84 bits per heavy atom. The standard InChI is InChI=1S/C16H17Cl2N3OS.2ClH/c1-10-8-21(5-4-19-10)15(22)7-12-9-23-16(20-12)13-3-2-11(17)6-14(13)18;;/h2-3,6,9-10,19H,4-5,7-8H2,1H3;2*1H. The lowest BCUT2D eigenvalue weighted by Crippen LogP contribution is -2.51. The van der Waals surface area contributed by atoms with E-state index in [1.54, 1.807) is 12.1 Å². The monoisotopic (exact) mass is 441 g/mol. The highest BCUT2D eigenvalue weighted by atomic mass is 35.5. The maximum atomic E-state index is 12.4. The molecule has 0 saturated carbocycles. The zero-order valence-corrected chi connectivity index (χ0v) is 17.5. The van der Waals surface area contributed by atoms with Gasteiger partial charge in [-0.1, -0.05) is 23.2 Å². The first-order valence-corrected chi connectivity index (χ1v) is 9.07. The van der Waals surface area contributed by atoms with Gasteiger partial charge in [0.05, 0.1) is 17.1 Å². The molecule has 1 N–H and O–H groups in total. The van der Waals surface area contributed by atoms with Gasteiger partial charge in [0.15, 0.2) is 0 Å². The second kappa shape index (κ2) is 9.95. The topological polar surface area (TPSA) is 45.2 Å². The highest BCUT2D eigenvalue weighted by molar-refractivity contribution is 7.13. The molecule has 1 unspecified atom stereocenters. The van der Waals surface area contributed by atoms with Crippen molar-refractivity contribution in [1.82, 2.24) is 15.2 Å². The van der Waals surface area contributed by atoms with E-state index >= 15 is 0 Å². The summed E-state index contributed by atoms with van der Waals surface area (Å²) >= 11 is 13.6. The third-order valence-electron chi connectivity index (χ3n) is 3.77. The summed E-state index contributed by atoms with van der Waals surface area (Å²) in [6.45, 7) is 4.43. The lowest BCUT2D eigenvalue weighted by molar-refractivity contribution is -0.131. The fraction of sp³-hybridized carbons (Fsp3) is 0.375. The van der Waals surface area contributed by atoms with Crippen LogP contribution in [0, 0.1) is 0 Å². The predicted octanol–water partition coefficient (Wildman–Crippen LogP) is 4.32. The van der Waals surface area contributed by atoms with Crippen molar-refractivity contribution in [3.8, 4) is 10.6 Å². The van der Waals surface area contributed by atoms with Gasteiger partial charge >= 0.3 is 0 Å². The number of thiazole rings is 1. The molecule has 2 aromatic rings. The second-order valence-corrected chi connectivity index (χ2v) is 7.34. The van der Waals surface area contributed by atoms with Gasteiger partial charge in [0.2, 0.25) is 5.91 Å². The van der Waals surface area contributed by atoms with Crippen LogP contribution in [0.4, 0.5) is 0 Å². The summed E-state index contributed by atoms with van der Waals surface area (Å²) in [4.78, 5) is 18.8. The molecule has 9 heteroatoms. The molecule has 0 bridgehead atoms. The molecule has 138 valence electrons. The number of carbonyl (C=O) groups is 1. The summed E-state index contributed by atoms with van der Waals surface area (Å²) in [6, 6.07) is 5.68. The molecular weight excluding hydrogens is 424 g/mol. The number of aromatic nitrogens is 1. The Balaban J connectivity index is 0.00000156. The van der Waals surface area contributed by atoms with E-state index in [9.17, 15) is 4.79 Å². The minimum Gasteiger partial charge on any atom is -0.340 e. The van der Waals surface area contributed by atoms with E-state index in [1.807, 2.05) is 16.3 Å². The van der Waals surface area contributed by atoms with Gasteiger partial charge in [-0.2, -0.15) is 0 Å². The Morgan fingerprint density at radius 2 is 2.16 bits per heavy atom. The molecule has 2 heterocycles. The van der Waals surface area contributed by atoms with Crippen LogP contribution in [0.25, 0.3) is 10.6 Å². The van der Waals surface area contributed by atoms with Gasteiger partial charge in [0.25, 0.3) is 0 Å². The fourth-order valence-corrected chi connectivity index (χ4v) is 4.01. The van der Waals surface area contributed by atoms with Gasteiger partial charge in [0, 0.05) is 41.6 Å².